The third-order valence-corrected chi connectivity index (χ3v) is 3.19. The van der Waals surface area contributed by atoms with Crippen LogP contribution in [0.3, 0.4) is 0 Å². The van der Waals surface area contributed by atoms with Crippen LogP contribution in [0.4, 0.5) is 0 Å². The molecule has 0 saturated carbocycles. The lowest BCUT2D eigenvalue weighted by Gasteiger charge is -2.20. The lowest BCUT2D eigenvalue weighted by Crippen LogP contribution is -2.19. The highest BCUT2D eigenvalue weighted by Gasteiger charge is 2.17. The van der Waals surface area contributed by atoms with Crippen LogP contribution in [0.1, 0.15) is 43.8 Å². The van der Waals surface area contributed by atoms with Gasteiger partial charge < -0.3 is 10.3 Å². The molecular formula is C15H21N3. The third-order valence-electron chi connectivity index (χ3n) is 3.19. The molecule has 0 amide bonds. The molecule has 1 atom stereocenters. The minimum Gasteiger partial charge on any atom is -0.347 e. The average Bonchev–Trinajstić information content (AvgIpc) is 2.83. The minimum atomic E-state index is 0.119. The second-order valence-electron chi connectivity index (χ2n) is 5.57. The summed E-state index contributed by atoms with van der Waals surface area (Å²) in [4.78, 5) is 7.47. The maximum absolute atomic E-state index is 4.32. The zero-order valence-electron chi connectivity index (χ0n) is 11.5. The quantitative estimate of drug-likeness (QED) is 0.870. The highest BCUT2D eigenvalue weighted by molar-refractivity contribution is 5.31. The number of hydrogen-bond acceptors (Lipinski definition) is 2. The number of benzene rings is 1. The lowest BCUT2D eigenvalue weighted by molar-refractivity contribution is 0.588. The van der Waals surface area contributed by atoms with E-state index in [9.17, 15) is 0 Å². The number of nitrogens with zero attached hydrogens (tertiary/aromatic N) is 1. The Kier molecular flexibility index (Phi) is 3.53. The topological polar surface area (TPSA) is 40.7 Å². The molecule has 2 N–H and O–H groups in total. The smallest absolute Gasteiger partial charge is 0.127 e. The van der Waals surface area contributed by atoms with Crippen LogP contribution in [-0.4, -0.2) is 17.0 Å². The van der Waals surface area contributed by atoms with Gasteiger partial charge in [-0.2, -0.15) is 0 Å². The third kappa shape index (κ3) is 2.62. The number of imidazole rings is 1. The Morgan fingerprint density at radius 3 is 2.28 bits per heavy atom. The van der Waals surface area contributed by atoms with Crippen LogP contribution in [0, 0.1) is 0 Å². The summed E-state index contributed by atoms with van der Waals surface area (Å²) in [6, 6.07) is 8.86. The number of nitrogens with one attached hydrogen (secondary N) is 2. The molecule has 0 fully saturated rings. The molecule has 0 saturated heterocycles. The number of aromatic nitrogens is 2. The minimum absolute atomic E-state index is 0.119. The van der Waals surface area contributed by atoms with Gasteiger partial charge in [0.25, 0.3) is 0 Å². The van der Waals surface area contributed by atoms with E-state index in [1.165, 1.54) is 11.1 Å². The Labute approximate surface area is 109 Å². The Bertz CT molecular complexity index is 477. The molecule has 1 aromatic carbocycles. The number of H-pyrrole nitrogens is 1. The summed E-state index contributed by atoms with van der Waals surface area (Å²) in [6.45, 7) is 6.68. The van der Waals surface area contributed by atoms with Crippen molar-refractivity contribution in [2.24, 2.45) is 0 Å². The monoisotopic (exact) mass is 243 g/mol. The number of rotatable bonds is 3. The molecule has 0 radical (unpaired) electrons. The Morgan fingerprint density at radius 1 is 1.17 bits per heavy atom. The van der Waals surface area contributed by atoms with Crippen LogP contribution < -0.4 is 5.32 Å². The molecule has 18 heavy (non-hydrogen) atoms. The molecule has 0 aliphatic rings. The van der Waals surface area contributed by atoms with Crippen LogP contribution in [0.5, 0.6) is 0 Å². The van der Waals surface area contributed by atoms with Crippen molar-refractivity contribution in [2.75, 3.05) is 7.05 Å². The molecule has 2 aromatic rings. The summed E-state index contributed by atoms with van der Waals surface area (Å²) in [7, 11) is 1.95. The first-order chi connectivity index (χ1) is 8.52. The van der Waals surface area contributed by atoms with Crippen LogP contribution in [0.2, 0.25) is 0 Å². The maximum atomic E-state index is 4.32. The molecule has 1 aromatic heterocycles. The Morgan fingerprint density at radius 2 is 1.83 bits per heavy atom. The van der Waals surface area contributed by atoms with Crippen molar-refractivity contribution in [2.45, 2.75) is 32.2 Å². The largest absolute Gasteiger partial charge is 0.347 e. The van der Waals surface area contributed by atoms with Crippen LogP contribution in [-0.2, 0) is 5.41 Å². The van der Waals surface area contributed by atoms with Crippen molar-refractivity contribution in [3.63, 3.8) is 0 Å². The molecule has 0 aliphatic heterocycles. The molecule has 2 rings (SSSR count). The van der Waals surface area contributed by atoms with Gasteiger partial charge in [0, 0.05) is 12.4 Å². The number of hydrogen-bond donors (Lipinski definition) is 2. The normalized spacial score (nSPS) is 13.6. The first kappa shape index (κ1) is 12.8. The van der Waals surface area contributed by atoms with Crippen molar-refractivity contribution in [3.8, 4) is 0 Å². The fraction of sp³-hybridized carbons (Fsp3) is 0.400. The number of aromatic amines is 1. The average molecular weight is 243 g/mol. The van der Waals surface area contributed by atoms with Crippen molar-refractivity contribution in [3.05, 3.63) is 53.6 Å². The molecule has 0 bridgehead atoms. The highest BCUT2D eigenvalue weighted by Crippen LogP contribution is 2.25. The van der Waals surface area contributed by atoms with Gasteiger partial charge >= 0.3 is 0 Å². The first-order valence-electron chi connectivity index (χ1n) is 6.29. The Balaban J connectivity index is 2.28. The zero-order chi connectivity index (χ0) is 13.2. The molecule has 0 spiro atoms. The van der Waals surface area contributed by atoms with E-state index in [4.69, 9.17) is 0 Å². The maximum Gasteiger partial charge on any atom is 0.127 e. The highest BCUT2D eigenvalue weighted by atomic mass is 15.0. The summed E-state index contributed by atoms with van der Waals surface area (Å²) in [5, 5.41) is 3.29. The first-order valence-corrected chi connectivity index (χ1v) is 6.29. The predicted molar refractivity (Wildman–Crippen MR) is 74.6 cm³/mol. The van der Waals surface area contributed by atoms with Crippen LogP contribution in [0.15, 0.2) is 36.7 Å². The molecule has 1 unspecified atom stereocenters. The van der Waals surface area contributed by atoms with E-state index in [-0.39, 0.29) is 11.5 Å². The molecule has 96 valence electrons. The summed E-state index contributed by atoms with van der Waals surface area (Å²) in [5.41, 5.74) is 2.76. The van der Waals surface area contributed by atoms with Gasteiger partial charge in [-0.15, -0.1) is 0 Å². The fourth-order valence-corrected chi connectivity index (χ4v) is 2.07. The second kappa shape index (κ2) is 4.94. The van der Waals surface area contributed by atoms with Gasteiger partial charge in [-0.3, -0.25) is 0 Å². The summed E-state index contributed by atoms with van der Waals surface area (Å²) in [6.07, 6.45) is 3.63. The standard InChI is InChI=1S/C15H21N3/c1-15(2,3)12-7-5-11(6-8-12)13(16-4)14-17-9-10-18-14/h5-10,13,16H,1-4H3,(H,17,18). The van der Waals surface area contributed by atoms with Crippen LogP contribution >= 0.6 is 0 Å². The summed E-state index contributed by atoms with van der Waals surface area (Å²) in [5.74, 6) is 0.945. The van der Waals surface area contributed by atoms with E-state index in [0.29, 0.717) is 0 Å². The molecule has 0 aliphatic carbocycles. The van der Waals surface area contributed by atoms with Gasteiger partial charge in [0.1, 0.15) is 5.82 Å². The lowest BCUT2D eigenvalue weighted by atomic mass is 9.86. The van der Waals surface area contributed by atoms with E-state index in [2.05, 4.69) is 60.3 Å². The van der Waals surface area contributed by atoms with Crippen molar-refractivity contribution in [1.82, 2.24) is 15.3 Å². The summed E-state index contributed by atoms with van der Waals surface area (Å²) >= 11 is 0. The van der Waals surface area contributed by atoms with Crippen molar-refractivity contribution < 1.29 is 0 Å². The summed E-state index contributed by atoms with van der Waals surface area (Å²) < 4.78 is 0. The van der Waals surface area contributed by atoms with Gasteiger partial charge in [-0.1, -0.05) is 45.0 Å². The van der Waals surface area contributed by atoms with Crippen molar-refractivity contribution >= 4 is 0 Å². The van der Waals surface area contributed by atoms with Crippen LogP contribution in [0.25, 0.3) is 0 Å². The molecular weight excluding hydrogens is 222 g/mol. The van der Waals surface area contributed by atoms with E-state index < -0.39 is 0 Å². The predicted octanol–water partition coefficient (Wildman–Crippen LogP) is 3.02. The van der Waals surface area contributed by atoms with E-state index in [1.54, 1.807) is 6.20 Å². The van der Waals surface area contributed by atoms with Gasteiger partial charge in [0.15, 0.2) is 0 Å². The van der Waals surface area contributed by atoms with E-state index in [0.717, 1.165) is 5.82 Å². The SMILES string of the molecule is CNC(c1ccc(C(C)(C)C)cc1)c1ncc[nH]1. The molecule has 3 heteroatoms. The van der Waals surface area contributed by atoms with E-state index >= 15 is 0 Å². The van der Waals surface area contributed by atoms with E-state index in [1.807, 2.05) is 13.2 Å². The van der Waals surface area contributed by atoms with Crippen molar-refractivity contribution in [1.29, 1.82) is 0 Å². The van der Waals surface area contributed by atoms with Gasteiger partial charge in [0.2, 0.25) is 0 Å². The second-order valence-corrected chi connectivity index (χ2v) is 5.57. The van der Waals surface area contributed by atoms with Gasteiger partial charge in [0.05, 0.1) is 6.04 Å². The van der Waals surface area contributed by atoms with Gasteiger partial charge in [-0.25, -0.2) is 4.98 Å². The molecule has 1 heterocycles. The fourth-order valence-electron chi connectivity index (χ4n) is 2.07. The molecule has 3 nitrogen and oxygen atoms in total. The Hall–Kier alpha value is -1.61. The zero-order valence-corrected chi connectivity index (χ0v) is 11.5. The van der Waals surface area contributed by atoms with Gasteiger partial charge in [-0.05, 0) is 23.6 Å².